The second-order valence-electron chi connectivity index (χ2n) is 5.51. The SMILES string of the molecule is CCC(C)C(=O)OCCCCOc1cccc2ccccc12. The highest BCUT2D eigenvalue weighted by Gasteiger charge is 2.11. The van der Waals surface area contributed by atoms with Gasteiger partial charge in [0.2, 0.25) is 0 Å². The Balaban J connectivity index is 1.71. The van der Waals surface area contributed by atoms with Gasteiger partial charge in [-0.05, 0) is 30.7 Å². The predicted octanol–water partition coefficient (Wildman–Crippen LogP) is 4.59. The lowest BCUT2D eigenvalue weighted by Crippen LogP contribution is -2.14. The number of hydrogen-bond donors (Lipinski definition) is 0. The molecule has 0 N–H and O–H groups in total. The lowest BCUT2D eigenvalue weighted by Gasteiger charge is -2.10. The maximum atomic E-state index is 11.5. The third-order valence-electron chi connectivity index (χ3n) is 3.80. The quantitative estimate of drug-likeness (QED) is 0.528. The fourth-order valence-corrected chi connectivity index (χ4v) is 2.19. The van der Waals surface area contributed by atoms with Gasteiger partial charge < -0.3 is 9.47 Å². The van der Waals surface area contributed by atoms with Crippen molar-refractivity contribution in [2.24, 2.45) is 5.92 Å². The van der Waals surface area contributed by atoms with Crippen LogP contribution in [-0.2, 0) is 9.53 Å². The fourth-order valence-electron chi connectivity index (χ4n) is 2.19. The molecular weight excluding hydrogens is 276 g/mol. The van der Waals surface area contributed by atoms with E-state index in [1.54, 1.807) is 0 Å². The molecule has 0 radical (unpaired) electrons. The maximum absolute atomic E-state index is 11.5. The molecule has 3 nitrogen and oxygen atoms in total. The second kappa shape index (κ2) is 8.42. The Hall–Kier alpha value is -2.03. The molecule has 0 aliphatic rings. The number of benzene rings is 2. The van der Waals surface area contributed by atoms with Gasteiger partial charge in [-0.1, -0.05) is 50.2 Å². The molecule has 2 aromatic rings. The van der Waals surface area contributed by atoms with Crippen LogP contribution in [0.15, 0.2) is 42.5 Å². The number of rotatable bonds is 8. The Morgan fingerprint density at radius 2 is 1.77 bits per heavy atom. The Morgan fingerprint density at radius 1 is 1.05 bits per heavy atom. The summed E-state index contributed by atoms with van der Waals surface area (Å²) < 4.78 is 11.1. The van der Waals surface area contributed by atoms with E-state index in [2.05, 4.69) is 18.2 Å². The first kappa shape index (κ1) is 16.3. The van der Waals surface area contributed by atoms with Crippen LogP contribution in [0.2, 0.25) is 0 Å². The Labute approximate surface area is 132 Å². The topological polar surface area (TPSA) is 35.5 Å². The van der Waals surface area contributed by atoms with Crippen molar-refractivity contribution in [3.8, 4) is 5.75 Å². The number of carbonyl (C=O) groups excluding carboxylic acids is 1. The number of fused-ring (bicyclic) bond motifs is 1. The fraction of sp³-hybridized carbons (Fsp3) is 0.421. The predicted molar refractivity (Wildman–Crippen MR) is 89.1 cm³/mol. The van der Waals surface area contributed by atoms with Gasteiger partial charge in [0.1, 0.15) is 5.75 Å². The van der Waals surface area contributed by atoms with Crippen LogP contribution in [0.3, 0.4) is 0 Å². The molecule has 1 atom stereocenters. The van der Waals surface area contributed by atoms with E-state index < -0.39 is 0 Å². The van der Waals surface area contributed by atoms with Crippen LogP contribution >= 0.6 is 0 Å². The minimum absolute atomic E-state index is 0.00747. The van der Waals surface area contributed by atoms with Gasteiger partial charge in [-0.25, -0.2) is 0 Å². The molecule has 3 heteroatoms. The third-order valence-corrected chi connectivity index (χ3v) is 3.80. The van der Waals surface area contributed by atoms with Crippen LogP contribution in [0, 0.1) is 5.92 Å². The van der Waals surface area contributed by atoms with Gasteiger partial charge in [0, 0.05) is 5.39 Å². The molecule has 0 heterocycles. The minimum Gasteiger partial charge on any atom is -0.493 e. The molecule has 0 fully saturated rings. The molecule has 2 rings (SSSR count). The molecule has 0 bridgehead atoms. The van der Waals surface area contributed by atoms with Gasteiger partial charge >= 0.3 is 5.97 Å². The zero-order chi connectivity index (χ0) is 15.8. The zero-order valence-electron chi connectivity index (χ0n) is 13.4. The molecule has 1 unspecified atom stereocenters. The number of esters is 1. The van der Waals surface area contributed by atoms with E-state index >= 15 is 0 Å². The monoisotopic (exact) mass is 300 g/mol. The summed E-state index contributed by atoms with van der Waals surface area (Å²) in [6, 6.07) is 14.3. The summed E-state index contributed by atoms with van der Waals surface area (Å²) >= 11 is 0. The van der Waals surface area contributed by atoms with Gasteiger partial charge in [-0.15, -0.1) is 0 Å². The lowest BCUT2D eigenvalue weighted by atomic mass is 10.1. The summed E-state index contributed by atoms with van der Waals surface area (Å²) in [5.41, 5.74) is 0. The van der Waals surface area contributed by atoms with Crippen LogP contribution in [0.1, 0.15) is 33.1 Å². The average Bonchev–Trinajstić information content (AvgIpc) is 2.57. The van der Waals surface area contributed by atoms with Gasteiger partial charge in [0.05, 0.1) is 19.1 Å². The highest BCUT2D eigenvalue weighted by molar-refractivity contribution is 5.88. The molecule has 2 aromatic carbocycles. The molecule has 0 amide bonds. The number of carbonyl (C=O) groups is 1. The van der Waals surface area contributed by atoms with E-state index in [9.17, 15) is 4.79 Å². The summed E-state index contributed by atoms with van der Waals surface area (Å²) in [5.74, 6) is 0.805. The minimum atomic E-state index is -0.0996. The lowest BCUT2D eigenvalue weighted by molar-refractivity contribution is -0.148. The number of hydrogen-bond acceptors (Lipinski definition) is 3. The van der Waals surface area contributed by atoms with Crippen LogP contribution < -0.4 is 4.74 Å². The number of unbranched alkanes of at least 4 members (excludes halogenated alkanes) is 1. The Kier molecular flexibility index (Phi) is 6.26. The molecule has 0 aliphatic heterocycles. The number of ether oxygens (including phenoxy) is 2. The van der Waals surface area contributed by atoms with Crippen LogP contribution in [0.4, 0.5) is 0 Å². The van der Waals surface area contributed by atoms with E-state index in [4.69, 9.17) is 9.47 Å². The van der Waals surface area contributed by atoms with Crippen molar-refractivity contribution in [2.75, 3.05) is 13.2 Å². The summed E-state index contributed by atoms with van der Waals surface area (Å²) in [4.78, 5) is 11.5. The Morgan fingerprint density at radius 3 is 2.59 bits per heavy atom. The van der Waals surface area contributed by atoms with Crippen molar-refractivity contribution >= 4 is 16.7 Å². The molecular formula is C19H24O3. The standard InChI is InChI=1S/C19H24O3/c1-3-15(2)19(20)22-14-7-6-13-21-18-12-8-10-16-9-4-5-11-17(16)18/h4-5,8-12,15H,3,6-7,13-14H2,1-2H3. The molecule has 22 heavy (non-hydrogen) atoms. The second-order valence-corrected chi connectivity index (χ2v) is 5.51. The van der Waals surface area contributed by atoms with Crippen LogP contribution in [0.5, 0.6) is 5.75 Å². The highest BCUT2D eigenvalue weighted by Crippen LogP contribution is 2.25. The van der Waals surface area contributed by atoms with Gasteiger partial charge in [0.15, 0.2) is 0 Å². The van der Waals surface area contributed by atoms with E-state index in [0.29, 0.717) is 13.2 Å². The molecule has 0 spiro atoms. The third kappa shape index (κ3) is 4.48. The summed E-state index contributed by atoms with van der Waals surface area (Å²) in [6.45, 7) is 4.99. The molecule has 0 saturated carbocycles. The van der Waals surface area contributed by atoms with Gasteiger partial charge in [0.25, 0.3) is 0 Å². The first-order valence-electron chi connectivity index (χ1n) is 7.99. The van der Waals surface area contributed by atoms with E-state index in [-0.39, 0.29) is 11.9 Å². The van der Waals surface area contributed by atoms with Crippen molar-refractivity contribution in [1.29, 1.82) is 0 Å². The highest BCUT2D eigenvalue weighted by atomic mass is 16.5. The molecule has 0 saturated heterocycles. The van der Waals surface area contributed by atoms with E-state index in [1.807, 2.05) is 38.1 Å². The smallest absolute Gasteiger partial charge is 0.308 e. The summed E-state index contributed by atoms with van der Waals surface area (Å²) in [7, 11) is 0. The van der Waals surface area contributed by atoms with Gasteiger partial charge in [-0.2, -0.15) is 0 Å². The Bertz CT molecular complexity index is 601. The van der Waals surface area contributed by atoms with Crippen LogP contribution in [-0.4, -0.2) is 19.2 Å². The first-order chi connectivity index (χ1) is 10.7. The molecule has 0 aromatic heterocycles. The largest absolute Gasteiger partial charge is 0.493 e. The maximum Gasteiger partial charge on any atom is 0.308 e. The first-order valence-corrected chi connectivity index (χ1v) is 7.99. The average molecular weight is 300 g/mol. The van der Waals surface area contributed by atoms with Crippen molar-refractivity contribution in [3.05, 3.63) is 42.5 Å². The van der Waals surface area contributed by atoms with Crippen molar-refractivity contribution in [1.82, 2.24) is 0 Å². The van der Waals surface area contributed by atoms with E-state index in [1.165, 1.54) is 5.39 Å². The van der Waals surface area contributed by atoms with E-state index in [0.717, 1.165) is 30.4 Å². The molecule has 0 aliphatic carbocycles. The zero-order valence-corrected chi connectivity index (χ0v) is 13.4. The van der Waals surface area contributed by atoms with Gasteiger partial charge in [-0.3, -0.25) is 4.79 Å². The van der Waals surface area contributed by atoms with Crippen LogP contribution in [0.25, 0.3) is 10.8 Å². The van der Waals surface area contributed by atoms with Crippen molar-refractivity contribution in [3.63, 3.8) is 0 Å². The summed E-state index contributed by atoms with van der Waals surface area (Å²) in [5, 5.41) is 2.32. The summed E-state index contributed by atoms with van der Waals surface area (Å²) in [6.07, 6.45) is 2.52. The van der Waals surface area contributed by atoms with Crippen molar-refractivity contribution in [2.45, 2.75) is 33.1 Å². The normalized spacial score (nSPS) is 12.1. The van der Waals surface area contributed by atoms with Crippen molar-refractivity contribution < 1.29 is 14.3 Å². The molecule has 118 valence electrons.